The maximum absolute atomic E-state index is 8.60. The Kier molecular flexibility index (Phi) is 7.33. The number of nitrogens with zero attached hydrogens (tertiary/aromatic N) is 1. The molecule has 2 heteroatoms. The van der Waals surface area contributed by atoms with Crippen LogP contribution in [-0.4, -0.2) is 10.9 Å². The molecular formula is C13H21NO. The fraction of sp³-hybridized carbons (Fsp3) is 0.462. The Hall–Kier alpha value is -1.31. The van der Waals surface area contributed by atoms with Crippen molar-refractivity contribution in [2.24, 2.45) is 5.16 Å². The summed E-state index contributed by atoms with van der Waals surface area (Å²) < 4.78 is 0. The smallest absolute Gasteiger partial charge is 0.0873 e. The molecule has 1 aliphatic rings. The van der Waals surface area contributed by atoms with E-state index in [0.717, 1.165) is 24.1 Å². The van der Waals surface area contributed by atoms with Gasteiger partial charge in [0.05, 0.1) is 5.71 Å². The van der Waals surface area contributed by atoms with Crippen LogP contribution >= 0.6 is 0 Å². The van der Waals surface area contributed by atoms with E-state index in [2.05, 4.69) is 11.2 Å². The molecule has 1 aromatic carbocycles. The Balaban J connectivity index is 0.000000442. The van der Waals surface area contributed by atoms with Crippen molar-refractivity contribution in [3.8, 4) is 0 Å². The normalized spacial score (nSPS) is 14.5. The first kappa shape index (κ1) is 13.7. The number of hydrogen-bond acceptors (Lipinski definition) is 2. The Morgan fingerprint density at radius 3 is 2.20 bits per heavy atom. The number of rotatable bonds is 0. The second-order valence-corrected chi connectivity index (χ2v) is 2.70. The lowest BCUT2D eigenvalue weighted by Gasteiger charge is -1.94. The third-order valence-corrected chi connectivity index (χ3v) is 2.08. The molecule has 0 radical (unpaired) electrons. The van der Waals surface area contributed by atoms with Gasteiger partial charge >= 0.3 is 0 Å². The van der Waals surface area contributed by atoms with Gasteiger partial charge in [-0.25, -0.2) is 0 Å². The van der Waals surface area contributed by atoms with E-state index in [1.165, 1.54) is 5.56 Å². The molecule has 0 unspecified atom stereocenters. The zero-order valence-electron chi connectivity index (χ0n) is 10.1. The van der Waals surface area contributed by atoms with Crippen LogP contribution in [0.3, 0.4) is 0 Å². The third-order valence-electron chi connectivity index (χ3n) is 2.08. The van der Waals surface area contributed by atoms with Gasteiger partial charge in [-0.3, -0.25) is 0 Å². The van der Waals surface area contributed by atoms with Gasteiger partial charge in [0, 0.05) is 5.56 Å². The van der Waals surface area contributed by atoms with E-state index in [1.807, 2.05) is 45.9 Å². The van der Waals surface area contributed by atoms with Crippen LogP contribution < -0.4 is 0 Å². The highest BCUT2D eigenvalue weighted by molar-refractivity contribution is 6.04. The first-order valence-corrected chi connectivity index (χ1v) is 5.71. The minimum atomic E-state index is 0.820. The van der Waals surface area contributed by atoms with Crippen LogP contribution in [-0.2, 0) is 6.42 Å². The second kappa shape index (κ2) is 8.04. The van der Waals surface area contributed by atoms with E-state index < -0.39 is 0 Å². The standard InChI is InChI=1S/C9H9NO.2C2H6/c11-10-9-6-5-7-3-1-2-4-8(7)9;2*1-2/h1-4,11H,5-6H2;2*1-2H3. The highest BCUT2D eigenvalue weighted by Gasteiger charge is 2.16. The Morgan fingerprint density at radius 1 is 1.00 bits per heavy atom. The maximum atomic E-state index is 8.60. The molecule has 0 saturated carbocycles. The summed E-state index contributed by atoms with van der Waals surface area (Å²) >= 11 is 0. The summed E-state index contributed by atoms with van der Waals surface area (Å²) in [6.07, 6.45) is 1.88. The molecule has 0 amide bonds. The van der Waals surface area contributed by atoms with E-state index in [-0.39, 0.29) is 0 Å². The van der Waals surface area contributed by atoms with Crippen molar-refractivity contribution in [2.45, 2.75) is 40.5 Å². The molecule has 1 N–H and O–H groups in total. The van der Waals surface area contributed by atoms with Crippen molar-refractivity contribution in [1.29, 1.82) is 0 Å². The molecule has 0 spiro atoms. The van der Waals surface area contributed by atoms with Gasteiger partial charge in [-0.15, -0.1) is 0 Å². The van der Waals surface area contributed by atoms with Crippen molar-refractivity contribution in [2.75, 3.05) is 0 Å². The Morgan fingerprint density at radius 2 is 1.60 bits per heavy atom. The largest absolute Gasteiger partial charge is 0.411 e. The number of fused-ring (bicyclic) bond motifs is 1. The van der Waals surface area contributed by atoms with Gasteiger partial charge in [-0.2, -0.15) is 0 Å². The molecule has 1 aromatic rings. The SMILES string of the molecule is CC.CC.ON=C1CCc2ccccc21. The van der Waals surface area contributed by atoms with Crippen LogP contribution in [0.15, 0.2) is 29.4 Å². The number of benzene rings is 1. The summed E-state index contributed by atoms with van der Waals surface area (Å²) in [5, 5.41) is 11.8. The summed E-state index contributed by atoms with van der Waals surface area (Å²) in [5.74, 6) is 0. The van der Waals surface area contributed by atoms with Crippen LogP contribution in [0.1, 0.15) is 45.2 Å². The van der Waals surface area contributed by atoms with Gasteiger partial charge < -0.3 is 5.21 Å². The minimum absolute atomic E-state index is 0.820. The summed E-state index contributed by atoms with van der Waals surface area (Å²) in [6.45, 7) is 8.00. The van der Waals surface area contributed by atoms with Crippen LogP contribution in [0, 0.1) is 0 Å². The van der Waals surface area contributed by atoms with Gasteiger partial charge in [-0.1, -0.05) is 57.1 Å². The summed E-state index contributed by atoms with van der Waals surface area (Å²) in [7, 11) is 0. The molecule has 0 saturated heterocycles. The van der Waals surface area contributed by atoms with Gasteiger partial charge in [0.25, 0.3) is 0 Å². The van der Waals surface area contributed by atoms with Crippen molar-refractivity contribution in [3.05, 3.63) is 35.4 Å². The zero-order valence-corrected chi connectivity index (χ0v) is 10.1. The predicted molar refractivity (Wildman–Crippen MR) is 65.8 cm³/mol. The lowest BCUT2D eigenvalue weighted by atomic mass is 10.1. The van der Waals surface area contributed by atoms with Gasteiger partial charge in [0.15, 0.2) is 0 Å². The Labute approximate surface area is 92.6 Å². The van der Waals surface area contributed by atoms with E-state index in [0.29, 0.717) is 0 Å². The third kappa shape index (κ3) is 3.39. The van der Waals surface area contributed by atoms with E-state index in [9.17, 15) is 0 Å². The first-order valence-electron chi connectivity index (χ1n) is 5.71. The quantitative estimate of drug-likeness (QED) is 0.508. The van der Waals surface area contributed by atoms with Crippen molar-refractivity contribution in [1.82, 2.24) is 0 Å². The number of aryl methyl sites for hydroxylation is 1. The lowest BCUT2D eigenvalue weighted by molar-refractivity contribution is 0.318. The van der Waals surface area contributed by atoms with Crippen molar-refractivity contribution < 1.29 is 5.21 Å². The fourth-order valence-electron chi connectivity index (χ4n) is 1.51. The molecule has 1 aliphatic carbocycles. The maximum Gasteiger partial charge on any atom is 0.0873 e. The molecule has 0 atom stereocenters. The van der Waals surface area contributed by atoms with Crippen LogP contribution in [0.4, 0.5) is 0 Å². The van der Waals surface area contributed by atoms with Crippen LogP contribution in [0.25, 0.3) is 0 Å². The highest BCUT2D eigenvalue weighted by Crippen LogP contribution is 2.21. The molecular weight excluding hydrogens is 186 g/mol. The van der Waals surface area contributed by atoms with Gasteiger partial charge in [0.1, 0.15) is 0 Å². The fourth-order valence-corrected chi connectivity index (χ4v) is 1.51. The molecule has 0 heterocycles. The zero-order chi connectivity index (χ0) is 11.7. The molecule has 0 aliphatic heterocycles. The number of hydrogen-bond donors (Lipinski definition) is 1. The summed E-state index contributed by atoms with van der Waals surface area (Å²) in [6, 6.07) is 8.05. The van der Waals surface area contributed by atoms with Crippen LogP contribution in [0.2, 0.25) is 0 Å². The summed E-state index contributed by atoms with van der Waals surface area (Å²) in [5.41, 5.74) is 3.22. The molecule has 15 heavy (non-hydrogen) atoms. The highest BCUT2D eigenvalue weighted by atomic mass is 16.4. The topological polar surface area (TPSA) is 32.6 Å². The number of oxime groups is 1. The van der Waals surface area contributed by atoms with E-state index >= 15 is 0 Å². The predicted octanol–water partition coefficient (Wildman–Crippen LogP) is 3.86. The van der Waals surface area contributed by atoms with Gasteiger partial charge in [0.2, 0.25) is 0 Å². The first-order chi connectivity index (χ1) is 7.42. The molecule has 0 aromatic heterocycles. The molecule has 0 bridgehead atoms. The molecule has 0 fully saturated rings. The lowest BCUT2D eigenvalue weighted by Crippen LogP contribution is -1.92. The van der Waals surface area contributed by atoms with Gasteiger partial charge in [-0.05, 0) is 18.4 Å². The Bertz CT molecular complexity index is 305. The summed E-state index contributed by atoms with van der Waals surface area (Å²) in [4.78, 5) is 0. The molecule has 2 rings (SSSR count). The van der Waals surface area contributed by atoms with Crippen LogP contribution in [0.5, 0.6) is 0 Å². The van der Waals surface area contributed by atoms with Crippen molar-refractivity contribution in [3.63, 3.8) is 0 Å². The monoisotopic (exact) mass is 207 g/mol. The van der Waals surface area contributed by atoms with E-state index in [4.69, 9.17) is 5.21 Å². The van der Waals surface area contributed by atoms with Crippen molar-refractivity contribution >= 4 is 5.71 Å². The minimum Gasteiger partial charge on any atom is -0.411 e. The molecule has 84 valence electrons. The average Bonchev–Trinajstić information content (AvgIpc) is 2.77. The molecule has 2 nitrogen and oxygen atoms in total. The van der Waals surface area contributed by atoms with E-state index in [1.54, 1.807) is 0 Å². The second-order valence-electron chi connectivity index (χ2n) is 2.70. The average molecular weight is 207 g/mol.